The van der Waals surface area contributed by atoms with E-state index in [1.807, 2.05) is 47.0 Å². The lowest BCUT2D eigenvalue weighted by molar-refractivity contribution is 0.133. The van der Waals surface area contributed by atoms with Crippen LogP contribution in [0.4, 0.5) is 10.7 Å². The minimum absolute atomic E-state index is 0.125. The molecule has 3 aromatic rings. The van der Waals surface area contributed by atoms with E-state index >= 15 is 0 Å². The second-order valence-electron chi connectivity index (χ2n) is 7.01. The van der Waals surface area contributed by atoms with Crippen LogP contribution in [-0.2, 0) is 6.54 Å². The molecule has 4 rings (SSSR count). The lowest BCUT2D eigenvalue weighted by Crippen LogP contribution is -2.42. The number of hydrogen-bond acceptors (Lipinski definition) is 5. The number of hydrogen-bond donors (Lipinski definition) is 3. The number of aromatic nitrogens is 3. The largest absolute Gasteiger partial charge is 0.465 e. The van der Waals surface area contributed by atoms with Crippen LogP contribution in [0.3, 0.4) is 0 Å². The Kier molecular flexibility index (Phi) is 5.12. The average Bonchev–Trinajstić information content (AvgIpc) is 3.06. The van der Waals surface area contributed by atoms with Crippen LogP contribution in [0.2, 0.25) is 0 Å². The number of aliphatic hydroxyl groups is 1. The third kappa shape index (κ3) is 3.77. The van der Waals surface area contributed by atoms with E-state index in [1.165, 1.54) is 4.90 Å². The molecule has 1 amide bonds. The number of likely N-dealkylation sites (tertiary alicyclic amines) is 1. The number of nitrogens with zero attached hydrogens (tertiary/aromatic N) is 4. The SMILES string of the molecule is O=C(O)N1CCC(Nc2nc3ncccc3n2CC(O)c2ccccc2)CC1. The number of rotatable bonds is 5. The van der Waals surface area contributed by atoms with Gasteiger partial charge in [0.1, 0.15) is 0 Å². The minimum atomic E-state index is -0.874. The van der Waals surface area contributed by atoms with Gasteiger partial charge in [0.2, 0.25) is 5.95 Å². The molecule has 8 heteroatoms. The number of anilines is 1. The Morgan fingerprint density at radius 3 is 2.64 bits per heavy atom. The molecule has 0 spiro atoms. The van der Waals surface area contributed by atoms with Crippen molar-refractivity contribution in [2.75, 3.05) is 18.4 Å². The van der Waals surface area contributed by atoms with Gasteiger partial charge < -0.3 is 25.0 Å². The number of imidazole rings is 1. The van der Waals surface area contributed by atoms with Crippen molar-refractivity contribution in [3.05, 3.63) is 54.2 Å². The highest BCUT2D eigenvalue weighted by atomic mass is 16.4. The first kappa shape index (κ1) is 18.2. The van der Waals surface area contributed by atoms with Crippen molar-refractivity contribution in [2.45, 2.75) is 31.5 Å². The van der Waals surface area contributed by atoms with Crippen LogP contribution >= 0.6 is 0 Å². The Morgan fingerprint density at radius 2 is 1.93 bits per heavy atom. The molecule has 0 radical (unpaired) electrons. The highest BCUT2D eigenvalue weighted by molar-refractivity contribution is 5.74. The molecule has 1 aliphatic heterocycles. The molecule has 1 saturated heterocycles. The van der Waals surface area contributed by atoms with Gasteiger partial charge in [-0.05, 0) is 30.5 Å². The first-order chi connectivity index (χ1) is 13.6. The maximum atomic E-state index is 11.1. The van der Waals surface area contributed by atoms with Gasteiger partial charge in [-0.3, -0.25) is 0 Å². The monoisotopic (exact) mass is 381 g/mol. The van der Waals surface area contributed by atoms with Crippen LogP contribution < -0.4 is 5.32 Å². The van der Waals surface area contributed by atoms with E-state index in [9.17, 15) is 9.90 Å². The topological polar surface area (TPSA) is 104 Å². The third-order valence-electron chi connectivity index (χ3n) is 5.16. The Morgan fingerprint density at radius 1 is 1.18 bits per heavy atom. The van der Waals surface area contributed by atoms with Crippen LogP contribution in [0, 0.1) is 0 Å². The number of carbonyl (C=O) groups is 1. The molecule has 1 aliphatic rings. The Hall–Kier alpha value is -3.13. The molecule has 0 saturated carbocycles. The zero-order chi connectivity index (χ0) is 19.5. The van der Waals surface area contributed by atoms with E-state index in [0.717, 1.165) is 11.1 Å². The van der Waals surface area contributed by atoms with Gasteiger partial charge in [0.25, 0.3) is 0 Å². The van der Waals surface area contributed by atoms with E-state index in [-0.39, 0.29) is 6.04 Å². The lowest BCUT2D eigenvalue weighted by Gasteiger charge is -2.30. The normalized spacial score (nSPS) is 16.2. The molecule has 3 heterocycles. The second kappa shape index (κ2) is 7.85. The van der Waals surface area contributed by atoms with Crippen molar-refractivity contribution in [3.63, 3.8) is 0 Å². The molecular weight excluding hydrogens is 358 g/mol. The quantitative estimate of drug-likeness (QED) is 0.628. The van der Waals surface area contributed by atoms with Crippen LogP contribution in [0.15, 0.2) is 48.7 Å². The molecule has 1 atom stereocenters. The number of fused-ring (bicyclic) bond motifs is 1. The summed E-state index contributed by atoms with van der Waals surface area (Å²) in [7, 11) is 0. The Labute approximate surface area is 162 Å². The predicted molar refractivity (Wildman–Crippen MR) is 105 cm³/mol. The minimum Gasteiger partial charge on any atom is -0.465 e. The first-order valence-corrected chi connectivity index (χ1v) is 9.40. The van der Waals surface area contributed by atoms with E-state index in [1.54, 1.807) is 6.20 Å². The summed E-state index contributed by atoms with van der Waals surface area (Å²) >= 11 is 0. The van der Waals surface area contributed by atoms with Gasteiger partial charge in [0.15, 0.2) is 5.65 Å². The van der Waals surface area contributed by atoms with Gasteiger partial charge in [-0.2, -0.15) is 4.98 Å². The summed E-state index contributed by atoms with van der Waals surface area (Å²) in [5.74, 6) is 0.650. The molecule has 0 aliphatic carbocycles. The fraction of sp³-hybridized carbons (Fsp3) is 0.350. The standard InChI is InChI=1S/C20H23N5O3/c26-17(14-5-2-1-3-6-14)13-25-16-7-4-10-21-18(16)23-19(25)22-15-8-11-24(12-9-15)20(27)28/h1-7,10,15,17,26H,8-9,11-13H2,(H,27,28)(H,21,22,23). The zero-order valence-electron chi connectivity index (χ0n) is 15.4. The van der Waals surface area contributed by atoms with Crippen LogP contribution in [0.25, 0.3) is 11.2 Å². The highest BCUT2D eigenvalue weighted by Gasteiger charge is 2.24. The van der Waals surface area contributed by atoms with Gasteiger partial charge in [-0.15, -0.1) is 0 Å². The number of nitrogens with one attached hydrogen (secondary N) is 1. The number of piperidine rings is 1. The number of amides is 1. The van der Waals surface area contributed by atoms with Crippen LogP contribution in [0.1, 0.15) is 24.5 Å². The van der Waals surface area contributed by atoms with Crippen molar-refractivity contribution < 1.29 is 15.0 Å². The van der Waals surface area contributed by atoms with Crippen molar-refractivity contribution in [1.29, 1.82) is 0 Å². The van der Waals surface area contributed by atoms with Crippen molar-refractivity contribution >= 4 is 23.2 Å². The van der Waals surface area contributed by atoms with Crippen LogP contribution in [0.5, 0.6) is 0 Å². The predicted octanol–water partition coefficient (Wildman–Crippen LogP) is 2.72. The van der Waals surface area contributed by atoms with Gasteiger partial charge in [0, 0.05) is 25.3 Å². The highest BCUT2D eigenvalue weighted by Crippen LogP contribution is 2.25. The fourth-order valence-electron chi connectivity index (χ4n) is 3.61. The first-order valence-electron chi connectivity index (χ1n) is 9.40. The number of carboxylic acid groups (broad SMARTS) is 1. The van der Waals surface area contributed by atoms with E-state index < -0.39 is 12.2 Å². The Bertz CT molecular complexity index is 951. The maximum Gasteiger partial charge on any atom is 0.407 e. The van der Waals surface area contributed by atoms with E-state index in [2.05, 4.69) is 15.3 Å². The number of pyridine rings is 1. The summed E-state index contributed by atoms with van der Waals surface area (Å²) in [6.45, 7) is 1.35. The third-order valence-corrected chi connectivity index (χ3v) is 5.16. The smallest absolute Gasteiger partial charge is 0.407 e. The van der Waals surface area contributed by atoms with E-state index in [4.69, 9.17) is 5.11 Å². The number of benzene rings is 1. The van der Waals surface area contributed by atoms with Crippen molar-refractivity contribution in [3.8, 4) is 0 Å². The summed E-state index contributed by atoms with van der Waals surface area (Å²) in [6, 6.07) is 13.4. The summed E-state index contributed by atoms with van der Waals surface area (Å²) in [5.41, 5.74) is 2.31. The fourth-order valence-corrected chi connectivity index (χ4v) is 3.61. The summed E-state index contributed by atoms with van der Waals surface area (Å²) in [4.78, 5) is 21.5. The molecular formula is C20H23N5O3. The van der Waals surface area contributed by atoms with Crippen molar-refractivity contribution in [1.82, 2.24) is 19.4 Å². The molecule has 3 N–H and O–H groups in total. The molecule has 8 nitrogen and oxygen atoms in total. The molecule has 1 unspecified atom stereocenters. The van der Waals surface area contributed by atoms with Gasteiger partial charge in [-0.1, -0.05) is 30.3 Å². The van der Waals surface area contributed by atoms with Crippen LogP contribution in [-0.4, -0.2) is 54.9 Å². The molecule has 28 heavy (non-hydrogen) atoms. The van der Waals surface area contributed by atoms with Crippen molar-refractivity contribution in [2.24, 2.45) is 0 Å². The zero-order valence-corrected chi connectivity index (χ0v) is 15.4. The molecule has 1 aromatic carbocycles. The summed E-state index contributed by atoms with van der Waals surface area (Å²) < 4.78 is 1.95. The summed E-state index contributed by atoms with van der Waals surface area (Å²) in [6.07, 6.45) is 1.57. The summed E-state index contributed by atoms with van der Waals surface area (Å²) in [5, 5.41) is 23.3. The van der Waals surface area contributed by atoms with Gasteiger partial charge >= 0.3 is 6.09 Å². The van der Waals surface area contributed by atoms with Gasteiger partial charge in [-0.25, -0.2) is 9.78 Å². The Balaban J connectivity index is 1.56. The average molecular weight is 381 g/mol. The lowest BCUT2D eigenvalue weighted by atomic mass is 10.1. The second-order valence-corrected chi connectivity index (χ2v) is 7.01. The number of aliphatic hydroxyl groups excluding tert-OH is 1. The van der Waals surface area contributed by atoms with Gasteiger partial charge in [0.05, 0.1) is 18.2 Å². The molecule has 2 aromatic heterocycles. The van der Waals surface area contributed by atoms with E-state index in [0.29, 0.717) is 44.1 Å². The molecule has 146 valence electrons. The maximum absolute atomic E-state index is 11.1. The molecule has 0 bridgehead atoms. The molecule has 1 fully saturated rings.